The minimum absolute atomic E-state index is 0.0659. The van der Waals surface area contributed by atoms with Crippen LogP contribution in [0.2, 0.25) is 0 Å². The Hall–Kier alpha value is -0.290. The van der Waals surface area contributed by atoms with Crippen molar-refractivity contribution in [3.63, 3.8) is 0 Å². The monoisotopic (exact) mass is 183 g/mol. The molecule has 0 saturated heterocycles. The minimum Gasteiger partial charge on any atom is -0.394 e. The molecular formula is C7H12F3NO. The van der Waals surface area contributed by atoms with Gasteiger partial charge in [0, 0.05) is 6.04 Å². The van der Waals surface area contributed by atoms with E-state index in [1.165, 1.54) is 0 Å². The van der Waals surface area contributed by atoms with Crippen molar-refractivity contribution in [2.24, 2.45) is 0 Å². The van der Waals surface area contributed by atoms with Gasteiger partial charge in [-0.15, -0.1) is 0 Å². The molecule has 0 radical (unpaired) electrons. The first-order valence-electron chi connectivity index (χ1n) is 3.84. The predicted octanol–water partition coefficient (Wildman–Crippen LogP) is 1.05. The number of aliphatic hydroxyl groups is 1. The molecule has 12 heavy (non-hydrogen) atoms. The van der Waals surface area contributed by atoms with E-state index in [2.05, 4.69) is 5.32 Å². The summed E-state index contributed by atoms with van der Waals surface area (Å²) in [5.41, 5.74) is -2.13. The molecule has 0 spiro atoms. The van der Waals surface area contributed by atoms with Gasteiger partial charge in [-0.05, 0) is 19.8 Å². The Kier molecular flexibility index (Phi) is 2.35. The average Bonchev–Trinajstić information content (AvgIpc) is 2.69. The first kappa shape index (κ1) is 9.80. The van der Waals surface area contributed by atoms with Crippen molar-refractivity contribution < 1.29 is 18.3 Å². The molecule has 2 N–H and O–H groups in total. The molecule has 0 heterocycles. The van der Waals surface area contributed by atoms with Gasteiger partial charge in [0.25, 0.3) is 0 Å². The van der Waals surface area contributed by atoms with E-state index in [0.717, 1.165) is 19.8 Å². The van der Waals surface area contributed by atoms with Gasteiger partial charge >= 0.3 is 6.18 Å². The SMILES string of the molecule is CC(CO)(NC1CC1)C(F)(F)F. The molecule has 0 amide bonds. The lowest BCUT2D eigenvalue weighted by Gasteiger charge is -2.31. The van der Waals surface area contributed by atoms with Gasteiger partial charge in [-0.25, -0.2) is 0 Å². The van der Waals surface area contributed by atoms with E-state index in [1.54, 1.807) is 0 Å². The smallest absolute Gasteiger partial charge is 0.394 e. The van der Waals surface area contributed by atoms with Gasteiger partial charge in [-0.2, -0.15) is 13.2 Å². The summed E-state index contributed by atoms with van der Waals surface area (Å²) in [7, 11) is 0. The third-order valence-electron chi connectivity index (χ3n) is 2.04. The molecule has 0 aromatic carbocycles. The van der Waals surface area contributed by atoms with Crippen LogP contribution in [-0.2, 0) is 0 Å². The molecule has 2 nitrogen and oxygen atoms in total. The highest BCUT2D eigenvalue weighted by Crippen LogP contribution is 2.33. The zero-order valence-electron chi connectivity index (χ0n) is 6.78. The number of halogens is 3. The molecule has 1 rings (SSSR count). The maximum absolute atomic E-state index is 12.3. The fourth-order valence-corrected chi connectivity index (χ4v) is 0.895. The summed E-state index contributed by atoms with van der Waals surface area (Å²) in [5, 5.41) is 11.0. The molecule has 1 aliphatic carbocycles. The molecule has 1 fully saturated rings. The van der Waals surface area contributed by atoms with Gasteiger partial charge < -0.3 is 5.11 Å². The Morgan fingerprint density at radius 2 is 1.92 bits per heavy atom. The fraction of sp³-hybridized carbons (Fsp3) is 1.00. The third kappa shape index (κ3) is 1.90. The Balaban J connectivity index is 2.59. The second kappa shape index (κ2) is 2.88. The first-order valence-corrected chi connectivity index (χ1v) is 3.84. The lowest BCUT2D eigenvalue weighted by molar-refractivity contribution is -0.201. The number of aliphatic hydroxyl groups excluding tert-OH is 1. The Labute approximate surface area is 68.8 Å². The maximum atomic E-state index is 12.3. The van der Waals surface area contributed by atoms with Crippen molar-refractivity contribution in [2.45, 2.75) is 37.5 Å². The van der Waals surface area contributed by atoms with Crippen LogP contribution in [0, 0.1) is 0 Å². The van der Waals surface area contributed by atoms with Crippen LogP contribution in [0.5, 0.6) is 0 Å². The van der Waals surface area contributed by atoms with Crippen LogP contribution in [0.3, 0.4) is 0 Å². The molecule has 0 bridgehead atoms. The largest absolute Gasteiger partial charge is 0.408 e. The van der Waals surface area contributed by atoms with Gasteiger partial charge in [0.2, 0.25) is 0 Å². The van der Waals surface area contributed by atoms with Gasteiger partial charge in [0.05, 0.1) is 6.61 Å². The Morgan fingerprint density at radius 3 is 2.17 bits per heavy atom. The number of hydrogen-bond acceptors (Lipinski definition) is 2. The van der Waals surface area contributed by atoms with Crippen LogP contribution in [0.25, 0.3) is 0 Å². The standard InChI is InChI=1S/C7H12F3NO/c1-6(4-12,7(8,9)10)11-5-2-3-5/h5,11-12H,2-4H2,1H3. The molecule has 0 aromatic rings. The lowest BCUT2D eigenvalue weighted by atomic mass is 10.0. The van der Waals surface area contributed by atoms with Crippen molar-refractivity contribution in [2.75, 3.05) is 6.61 Å². The highest BCUT2D eigenvalue weighted by Gasteiger charge is 2.52. The van der Waals surface area contributed by atoms with Gasteiger partial charge in [-0.1, -0.05) is 0 Å². The summed E-state index contributed by atoms with van der Waals surface area (Å²) in [6.07, 6.45) is -2.85. The molecule has 0 aliphatic heterocycles. The molecule has 1 unspecified atom stereocenters. The topological polar surface area (TPSA) is 32.3 Å². The lowest BCUT2D eigenvalue weighted by Crippen LogP contribution is -2.57. The quantitative estimate of drug-likeness (QED) is 0.685. The van der Waals surface area contributed by atoms with Crippen molar-refractivity contribution in [3.8, 4) is 0 Å². The number of alkyl halides is 3. The van der Waals surface area contributed by atoms with Crippen LogP contribution < -0.4 is 5.32 Å². The van der Waals surface area contributed by atoms with Gasteiger partial charge in [0.15, 0.2) is 0 Å². The summed E-state index contributed by atoms with van der Waals surface area (Å²) >= 11 is 0. The summed E-state index contributed by atoms with van der Waals surface area (Å²) in [4.78, 5) is 0. The maximum Gasteiger partial charge on any atom is 0.408 e. The zero-order valence-corrected chi connectivity index (χ0v) is 6.78. The highest BCUT2D eigenvalue weighted by molar-refractivity contribution is 4.96. The van der Waals surface area contributed by atoms with Gasteiger partial charge in [0.1, 0.15) is 5.54 Å². The zero-order chi connectivity index (χ0) is 9.41. The van der Waals surface area contributed by atoms with E-state index in [1.807, 2.05) is 0 Å². The molecule has 72 valence electrons. The predicted molar refractivity (Wildman–Crippen MR) is 37.7 cm³/mol. The van der Waals surface area contributed by atoms with Crippen molar-refractivity contribution >= 4 is 0 Å². The average molecular weight is 183 g/mol. The fourth-order valence-electron chi connectivity index (χ4n) is 0.895. The Bertz CT molecular complexity index is 167. The second-order valence-electron chi connectivity index (χ2n) is 3.41. The first-order chi connectivity index (χ1) is 5.39. The summed E-state index contributed by atoms with van der Waals surface area (Å²) in [6, 6.07) is -0.0659. The number of hydrogen-bond donors (Lipinski definition) is 2. The van der Waals surface area contributed by atoms with Crippen molar-refractivity contribution in [1.82, 2.24) is 5.32 Å². The Morgan fingerprint density at radius 1 is 1.42 bits per heavy atom. The van der Waals surface area contributed by atoms with E-state index in [9.17, 15) is 13.2 Å². The van der Waals surface area contributed by atoms with Crippen molar-refractivity contribution in [3.05, 3.63) is 0 Å². The minimum atomic E-state index is -4.38. The summed E-state index contributed by atoms with van der Waals surface area (Å²) < 4.78 is 36.8. The van der Waals surface area contributed by atoms with E-state index < -0.39 is 18.3 Å². The number of rotatable bonds is 3. The molecule has 0 aromatic heterocycles. The third-order valence-corrected chi connectivity index (χ3v) is 2.04. The van der Waals surface area contributed by atoms with Crippen LogP contribution in [0.1, 0.15) is 19.8 Å². The van der Waals surface area contributed by atoms with E-state index in [-0.39, 0.29) is 6.04 Å². The molecule has 5 heteroatoms. The van der Waals surface area contributed by atoms with Crippen LogP contribution in [0.4, 0.5) is 13.2 Å². The van der Waals surface area contributed by atoms with Crippen LogP contribution >= 0.6 is 0 Å². The van der Waals surface area contributed by atoms with E-state index >= 15 is 0 Å². The molecule has 1 aliphatic rings. The van der Waals surface area contributed by atoms with Gasteiger partial charge in [-0.3, -0.25) is 5.32 Å². The normalized spacial score (nSPS) is 23.8. The molecule has 1 saturated carbocycles. The van der Waals surface area contributed by atoms with Crippen LogP contribution in [-0.4, -0.2) is 29.5 Å². The highest BCUT2D eigenvalue weighted by atomic mass is 19.4. The van der Waals surface area contributed by atoms with E-state index in [4.69, 9.17) is 5.11 Å². The number of nitrogens with one attached hydrogen (secondary N) is 1. The molecule has 1 atom stereocenters. The van der Waals surface area contributed by atoms with E-state index in [0.29, 0.717) is 0 Å². The van der Waals surface area contributed by atoms with Crippen LogP contribution in [0.15, 0.2) is 0 Å². The molecular weight excluding hydrogens is 171 g/mol. The summed E-state index contributed by atoms with van der Waals surface area (Å²) in [6.45, 7) is 0.0678. The summed E-state index contributed by atoms with van der Waals surface area (Å²) in [5.74, 6) is 0. The second-order valence-corrected chi connectivity index (χ2v) is 3.41. The van der Waals surface area contributed by atoms with Crippen molar-refractivity contribution in [1.29, 1.82) is 0 Å².